The first-order valence-electron chi connectivity index (χ1n) is 5.47. The van der Waals surface area contributed by atoms with Crippen molar-refractivity contribution in [2.75, 3.05) is 6.61 Å². The molecule has 0 aromatic carbocycles. The van der Waals surface area contributed by atoms with E-state index in [-0.39, 0.29) is 11.9 Å². The summed E-state index contributed by atoms with van der Waals surface area (Å²) in [4.78, 5) is 22.6. The molecule has 2 heterocycles. The van der Waals surface area contributed by atoms with E-state index in [4.69, 9.17) is 15.3 Å². The van der Waals surface area contributed by atoms with Crippen LogP contribution < -0.4 is 11.2 Å². The number of carbonyl (C=O) groups is 1. The molecule has 1 aromatic rings. The van der Waals surface area contributed by atoms with Crippen LogP contribution in [0.2, 0.25) is 0 Å². The fourth-order valence-corrected chi connectivity index (χ4v) is 1.93. The summed E-state index contributed by atoms with van der Waals surface area (Å²) in [6.45, 7) is -0.520. The van der Waals surface area contributed by atoms with Gasteiger partial charge in [-0.2, -0.15) is 0 Å². The van der Waals surface area contributed by atoms with Gasteiger partial charge in [-0.15, -0.1) is 0 Å². The molecular weight excluding hydrogens is 258 g/mol. The molecule has 0 radical (unpaired) electrons. The number of rotatable bonds is 3. The van der Waals surface area contributed by atoms with E-state index in [2.05, 4.69) is 0 Å². The van der Waals surface area contributed by atoms with E-state index in [1.54, 1.807) is 0 Å². The fourth-order valence-electron chi connectivity index (χ4n) is 1.93. The van der Waals surface area contributed by atoms with E-state index in [1.807, 2.05) is 0 Å². The lowest BCUT2D eigenvalue weighted by Gasteiger charge is -2.17. The third-order valence-electron chi connectivity index (χ3n) is 2.98. The molecule has 1 saturated heterocycles. The molecule has 0 unspecified atom stereocenters. The second-order valence-corrected chi connectivity index (χ2v) is 4.10. The molecule has 1 fully saturated rings. The van der Waals surface area contributed by atoms with E-state index in [0.29, 0.717) is 4.57 Å². The molecule has 9 heteroatoms. The zero-order valence-electron chi connectivity index (χ0n) is 9.71. The molecule has 4 N–H and O–H groups in total. The Balaban J connectivity index is 2.47. The molecule has 0 spiro atoms. The van der Waals surface area contributed by atoms with Gasteiger partial charge < -0.3 is 20.1 Å². The highest BCUT2D eigenvalue weighted by atomic mass is 16.6. The maximum absolute atomic E-state index is 11.9. The van der Waals surface area contributed by atoms with E-state index in [9.17, 15) is 19.8 Å². The summed E-state index contributed by atoms with van der Waals surface area (Å²) in [6.07, 6.45) is -3.68. The van der Waals surface area contributed by atoms with Crippen molar-refractivity contribution >= 4 is 6.41 Å². The van der Waals surface area contributed by atoms with Gasteiger partial charge in [0.2, 0.25) is 6.41 Å². The lowest BCUT2D eigenvalue weighted by molar-refractivity contribution is -0.0552. The van der Waals surface area contributed by atoms with Crippen LogP contribution in [0.25, 0.3) is 0 Å². The normalized spacial score (nSPS) is 30.5. The first-order chi connectivity index (χ1) is 9.01. The molecule has 19 heavy (non-hydrogen) atoms. The van der Waals surface area contributed by atoms with Crippen LogP contribution in [0.15, 0.2) is 17.1 Å². The van der Waals surface area contributed by atoms with Gasteiger partial charge in [0.25, 0.3) is 0 Å². The van der Waals surface area contributed by atoms with Crippen molar-refractivity contribution in [2.45, 2.75) is 24.5 Å². The summed E-state index contributed by atoms with van der Waals surface area (Å²) in [5.41, 5.74) is -1.19. The van der Waals surface area contributed by atoms with Crippen LogP contribution in [0.1, 0.15) is 6.23 Å². The number of hydrogen-bond acceptors (Lipinski definition) is 7. The van der Waals surface area contributed by atoms with Crippen LogP contribution in [0.3, 0.4) is 0 Å². The first-order valence-corrected chi connectivity index (χ1v) is 5.47. The van der Waals surface area contributed by atoms with Crippen LogP contribution >= 0.6 is 0 Å². The fraction of sp³-hybridized carbons (Fsp3) is 0.500. The first kappa shape index (κ1) is 13.6. The lowest BCUT2D eigenvalue weighted by atomic mass is 10.1. The minimum absolute atomic E-state index is 0.169. The van der Waals surface area contributed by atoms with E-state index in [1.165, 1.54) is 12.3 Å². The number of hydrogen-bond donors (Lipinski definition) is 4. The van der Waals surface area contributed by atoms with Crippen molar-refractivity contribution in [3.63, 3.8) is 0 Å². The Morgan fingerprint density at radius 2 is 2.11 bits per heavy atom. The van der Waals surface area contributed by atoms with Gasteiger partial charge in [0.15, 0.2) is 6.23 Å². The minimum Gasteiger partial charge on any atom is -0.394 e. The highest BCUT2D eigenvalue weighted by molar-refractivity contribution is 5.50. The van der Waals surface area contributed by atoms with Crippen molar-refractivity contribution in [2.24, 2.45) is 0 Å². The summed E-state index contributed by atoms with van der Waals surface area (Å²) < 4.78 is 6.57. The zero-order valence-corrected chi connectivity index (χ0v) is 9.71. The predicted molar refractivity (Wildman–Crippen MR) is 59.7 cm³/mol. The van der Waals surface area contributed by atoms with Crippen LogP contribution in [0, 0.1) is 5.41 Å². The molecule has 0 aliphatic carbocycles. The van der Waals surface area contributed by atoms with E-state index < -0.39 is 36.8 Å². The third kappa shape index (κ3) is 2.12. The molecule has 1 aliphatic rings. The number of nitrogens with one attached hydrogen (secondary N) is 1. The van der Waals surface area contributed by atoms with Gasteiger partial charge in [-0.3, -0.25) is 14.8 Å². The quantitative estimate of drug-likeness (QED) is 0.427. The van der Waals surface area contributed by atoms with Crippen molar-refractivity contribution in [1.82, 2.24) is 9.13 Å². The van der Waals surface area contributed by atoms with E-state index in [0.717, 1.165) is 4.57 Å². The molecule has 0 bridgehead atoms. The number of aliphatic hydroxyl groups excluding tert-OH is 3. The largest absolute Gasteiger partial charge is 0.394 e. The second-order valence-electron chi connectivity index (χ2n) is 4.10. The smallest absolute Gasteiger partial charge is 0.338 e. The molecule has 0 saturated carbocycles. The lowest BCUT2D eigenvalue weighted by Crippen LogP contribution is -2.43. The Morgan fingerprint density at radius 1 is 1.42 bits per heavy atom. The highest BCUT2D eigenvalue weighted by Gasteiger charge is 2.43. The Labute approximate surface area is 106 Å². The third-order valence-corrected chi connectivity index (χ3v) is 2.98. The van der Waals surface area contributed by atoms with Crippen LogP contribution in [-0.2, 0) is 9.53 Å². The molecule has 0 amide bonds. The van der Waals surface area contributed by atoms with Gasteiger partial charge in [-0.1, -0.05) is 0 Å². The number of ether oxygens (including phenoxy) is 1. The molecule has 1 aromatic heterocycles. The molecular formula is C10H13N3O6. The summed E-state index contributed by atoms with van der Waals surface area (Å²) in [5.74, 6) is 0. The summed E-state index contributed by atoms with van der Waals surface area (Å²) >= 11 is 0. The predicted octanol–water partition coefficient (Wildman–Crippen LogP) is -3.22. The van der Waals surface area contributed by atoms with Gasteiger partial charge >= 0.3 is 5.69 Å². The average Bonchev–Trinajstić information content (AvgIpc) is 2.67. The Kier molecular flexibility index (Phi) is 3.62. The Hall–Kier alpha value is -1.81. The topological polar surface area (TPSA) is 138 Å². The van der Waals surface area contributed by atoms with Crippen LogP contribution in [-0.4, -0.2) is 55.8 Å². The highest BCUT2D eigenvalue weighted by Crippen LogP contribution is 2.27. The van der Waals surface area contributed by atoms with Crippen LogP contribution in [0.5, 0.6) is 0 Å². The maximum atomic E-state index is 11.9. The number of aliphatic hydroxyl groups is 3. The molecule has 2 rings (SSSR count). The van der Waals surface area contributed by atoms with Gasteiger partial charge in [0, 0.05) is 6.20 Å². The van der Waals surface area contributed by atoms with Gasteiger partial charge in [0.1, 0.15) is 23.8 Å². The molecule has 104 valence electrons. The molecule has 9 nitrogen and oxygen atoms in total. The summed E-state index contributed by atoms with van der Waals surface area (Å²) in [5, 5.41) is 35.7. The average molecular weight is 271 g/mol. The SMILES string of the molecule is N=c1ccn([C@@H]2O[C@H](CO)[C@@H](O)[C@H]2O)c(=O)n1C=O. The zero-order chi connectivity index (χ0) is 14.2. The van der Waals surface area contributed by atoms with Gasteiger partial charge in [-0.05, 0) is 6.07 Å². The van der Waals surface area contributed by atoms with Crippen molar-refractivity contribution in [3.8, 4) is 0 Å². The Morgan fingerprint density at radius 3 is 2.63 bits per heavy atom. The standard InChI is InChI=1S/C10H13N3O6/c11-6-1-2-12(10(18)13(6)4-15)9-8(17)7(16)5(3-14)19-9/h1-2,4-5,7-9,11,14,16-17H,3H2/t5-,7-,8-,9-/m1/s1. The van der Waals surface area contributed by atoms with Crippen molar-refractivity contribution in [1.29, 1.82) is 5.41 Å². The monoisotopic (exact) mass is 271 g/mol. The van der Waals surface area contributed by atoms with Crippen LogP contribution in [0.4, 0.5) is 0 Å². The van der Waals surface area contributed by atoms with E-state index >= 15 is 0 Å². The summed E-state index contributed by atoms with van der Waals surface area (Å²) in [7, 11) is 0. The number of aromatic nitrogens is 2. The maximum Gasteiger partial charge on any atom is 0.338 e. The van der Waals surface area contributed by atoms with Gasteiger partial charge in [-0.25, -0.2) is 9.36 Å². The minimum atomic E-state index is -1.42. The number of carbonyl (C=O) groups excluding carboxylic acids is 1. The van der Waals surface area contributed by atoms with Crippen molar-refractivity contribution in [3.05, 3.63) is 28.2 Å². The summed E-state index contributed by atoms with van der Waals surface area (Å²) in [6, 6.07) is 1.17. The molecule has 1 aliphatic heterocycles. The second kappa shape index (κ2) is 5.05. The Bertz CT molecular complexity index is 594. The molecule has 4 atom stereocenters. The number of nitrogens with zero attached hydrogens (tertiary/aromatic N) is 2. The van der Waals surface area contributed by atoms with Gasteiger partial charge in [0.05, 0.1) is 6.61 Å². The van der Waals surface area contributed by atoms with Crippen molar-refractivity contribution < 1.29 is 24.9 Å².